The molecule has 0 spiro atoms. The number of amides is 1. The first kappa shape index (κ1) is 23.1. The van der Waals surface area contributed by atoms with E-state index in [-0.39, 0.29) is 19.1 Å². The van der Waals surface area contributed by atoms with E-state index in [0.717, 1.165) is 18.8 Å². The summed E-state index contributed by atoms with van der Waals surface area (Å²) in [6.45, 7) is 3.87. The van der Waals surface area contributed by atoms with Crippen LogP contribution < -0.4 is 15.1 Å². The highest BCUT2D eigenvalue weighted by Crippen LogP contribution is 2.34. The molecule has 2 aromatic rings. The Morgan fingerprint density at radius 2 is 1.94 bits per heavy atom. The van der Waals surface area contributed by atoms with E-state index in [2.05, 4.69) is 31.4 Å². The van der Waals surface area contributed by atoms with Gasteiger partial charge in [0.15, 0.2) is 12.4 Å². The normalized spacial score (nSPS) is 13.5. The van der Waals surface area contributed by atoms with Crippen molar-refractivity contribution in [2.45, 2.75) is 19.8 Å². The molecule has 164 valence electrons. The Kier molecular flexibility index (Phi) is 8.31. The molecule has 0 saturated carbocycles. The van der Waals surface area contributed by atoms with Crippen LogP contribution >= 0.6 is 27.5 Å². The van der Waals surface area contributed by atoms with Crippen LogP contribution in [0.25, 0.3) is 0 Å². The Hall–Kier alpha value is -2.58. The van der Waals surface area contributed by atoms with Crippen molar-refractivity contribution in [1.29, 1.82) is 0 Å². The molecule has 0 atom stereocenters. The number of anilines is 1. The summed E-state index contributed by atoms with van der Waals surface area (Å²) in [5.41, 5.74) is 4.81. The molecule has 2 aromatic carbocycles. The lowest BCUT2D eigenvalue weighted by atomic mass is 10.2. The number of nitrogens with one attached hydrogen (secondary N) is 1. The van der Waals surface area contributed by atoms with Crippen LogP contribution in [0.5, 0.6) is 5.75 Å². The Labute approximate surface area is 194 Å². The van der Waals surface area contributed by atoms with Crippen molar-refractivity contribution in [3.05, 3.63) is 57.0 Å². The molecule has 1 heterocycles. The summed E-state index contributed by atoms with van der Waals surface area (Å²) in [5.74, 6) is -0.454. The summed E-state index contributed by atoms with van der Waals surface area (Å²) in [6.07, 6.45) is 3.88. The quantitative estimate of drug-likeness (QED) is 0.325. The molecule has 9 heteroatoms. The van der Waals surface area contributed by atoms with E-state index in [9.17, 15) is 9.59 Å². The van der Waals surface area contributed by atoms with Gasteiger partial charge in [-0.3, -0.25) is 4.79 Å². The summed E-state index contributed by atoms with van der Waals surface area (Å²) in [7, 11) is 0. The van der Waals surface area contributed by atoms with Crippen LogP contribution in [-0.4, -0.2) is 44.4 Å². The molecule has 1 saturated heterocycles. The molecular formula is C22H23BrClN3O4. The number of carbonyl (C=O) groups excluding carboxylic acids is 2. The average molecular weight is 509 g/mol. The second-order valence-electron chi connectivity index (χ2n) is 6.85. The Morgan fingerprint density at radius 3 is 2.58 bits per heavy atom. The molecule has 1 amide bonds. The number of halogens is 2. The summed E-state index contributed by atoms with van der Waals surface area (Å²) in [4.78, 5) is 26.1. The lowest BCUT2D eigenvalue weighted by Crippen LogP contribution is -2.19. The minimum atomic E-state index is -0.479. The summed E-state index contributed by atoms with van der Waals surface area (Å²) in [6, 6.07) is 10.8. The number of benzene rings is 2. The fourth-order valence-electron chi connectivity index (χ4n) is 3.15. The Balaban J connectivity index is 1.57. The molecule has 1 aliphatic rings. The minimum absolute atomic E-state index is 0.244. The van der Waals surface area contributed by atoms with Crippen LogP contribution in [0.1, 0.15) is 35.7 Å². The number of hydrazone groups is 1. The topological polar surface area (TPSA) is 80.2 Å². The molecular weight excluding hydrogens is 486 g/mol. The molecule has 1 aliphatic heterocycles. The number of esters is 1. The van der Waals surface area contributed by atoms with Crippen LogP contribution in [0.15, 0.2) is 46.0 Å². The van der Waals surface area contributed by atoms with Gasteiger partial charge in [-0.15, -0.1) is 0 Å². The van der Waals surface area contributed by atoms with Gasteiger partial charge in [0.25, 0.3) is 5.91 Å². The summed E-state index contributed by atoms with van der Waals surface area (Å²) in [5, 5.41) is 4.29. The first-order valence-corrected chi connectivity index (χ1v) is 11.1. The smallest absolute Gasteiger partial charge is 0.344 e. The molecule has 0 aliphatic carbocycles. The zero-order valence-electron chi connectivity index (χ0n) is 17.1. The van der Waals surface area contributed by atoms with Gasteiger partial charge in [-0.1, -0.05) is 11.6 Å². The molecule has 1 fully saturated rings. The van der Waals surface area contributed by atoms with Crippen LogP contribution in [-0.2, 0) is 9.53 Å². The zero-order valence-corrected chi connectivity index (χ0v) is 19.4. The van der Waals surface area contributed by atoms with Crippen molar-refractivity contribution in [2.75, 3.05) is 31.2 Å². The van der Waals surface area contributed by atoms with Crippen molar-refractivity contribution in [3.8, 4) is 5.75 Å². The predicted molar refractivity (Wildman–Crippen MR) is 124 cm³/mol. The standard InChI is InChI=1S/C22H23BrClN3O4/c1-2-30-20(28)14-31-21-18(23)11-15(12-19(21)24)13-25-26-22(29)16-5-7-17(8-6-16)27-9-3-4-10-27/h5-8,11-13H,2-4,9-10,14H2,1H3,(H,26,29)/b25-13-. The SMILES string of the molecule is CCOC(=O)COc1c(Cl)cc(/C=N\NC(=O)c2ccc(N3CCCC3)cc2)cc1Br. The van der Waals surface area contributed by atoms with Gasteiger partial charge in [-0.05, 0) is 77.7 Å². The Bertz CT molecular complexity index is 937. The summed E-state index contributed by atoms with van der Waals surface area (Å²) < 4.78 is 10.8. The number of rotatable bonds is 8. The van der Waals surface area contributed by atoms with Gasteiger partial charge in [-0.25, -0.2) is 10.2 Å². The van der Waals surface area contributed by atoms with Crippen LogP contribution in [0.4, 0.5) is 5.69 Å². The first-order chi connectivity index (χ1) is 15.0. The van der Waals surface area contributed by atoms with E-state index >= 15 is 0 Å². The lowest BCUT2D eigenvalue weighted by Gasteiger charge is -2.17. The van der Waals surface area contributed by atoms with Crippen molar-refractivity contribution < 1.29 is 19.1 Å². The Morgan fingerprint density at radius 1 is 1.23 bits per heavy atom. The zero-order chi connectivity index (χ0) is 22.2. The van der Waals surface area contributed by atoms with Gasteiger partial charge in [-0.2, -0.15) is 5.10 Å². The third kappa shape index (κ3) is 6.45. The second-order valence-corrected chi connectivity index (χ2v) is 8.11. The number of hydrogen-bond acceptors (Lipinski definition) is 6. The van der Waals surface area contributed by atoms with E-state index < -0.39 is 5.97 Å². The highest BCUT2D eigenvalue weighted by Gasteiger charge is 2.14. The van der Waals surface area contributed by atoms with Gasteiger partial charge in [0.2, 0.25) is 0 Å². The predicted octanol–water partition coefficient (Wildman–Crippen LogP) is 4.41. The van der Waals surface area contributed by atoms with E-state index in [0.29, 0.717) is 26.4 Å². The van der Waals surface area contributed by atoms with Gasteiger partial charge in [0, 0.05) is 24.3 Å². The van der Waals surface area contributed by atoms with E-state index in [4.69, 9.17) is 21.1 Å². The van der Waals surface area contributed by atoms with Gasteiger partial charge < -0.3 is 14.4 Å². The number of ether oxygens (including phenoxy) is 2. The van der Waals surface area contributed by atoms with E-state index in [1.54, 1.807) is 31.2 Å². The molecule has 0 aromatic heterocycles. The van der Waals surface area contributed by atoms with Crippen molar-refractivity contribution in [3.63, 3.8) is 0 Å². The molecule has 0 radical (unpaired) electrons. The largest absolute Gasteiger partial charge is 0.479 e. The lowest BCUT2D eigenvalue weighted by molar-refractivity contribution is -0.145. The monoisotopic (exact) mass is 507 g/mol. The molecule has 1 N–H and O–H groups in total. The first-order valence-electron chi connectivity index (χ1n) is 9.94. The molecule has 3 rings (SSSR count). The number of nitrogens with zero attached hydrogens (tertiary/aromatic N) is 2. The van der Waals surface area contributed by atoms with Gasteiger partial charge in [0.05, 0.1) is 22.3 Å². The fourth-order valence-corrected chi connectivity index (χ4v) is 4.14. The highest BCUT2D eigenvalue weighted by molar-refractivity contribution is 9.10. The van der Waals surface area contributed by atoms with Crippen molar-refractivity contribution in [1.82, 2.24) is 5.43 Å². The minimum Gasteiger partial charge on any atom is -0.479 e. The highest BCUT2D eigenvalue weighted by atomic mass is 79.9. The third-order valence-corrected chi connectivity index (χ3v) is 5.51. The molecule has 0 bridgehead atoms. The number of carbonyl (C=O) groups is 2. The molecule has 0 unspecified atom stereocenters. The van der Waals surface area contributed by atoms with Gasteiger partial charge in [0.1, 0.15) is 0 Å². The van der Waals surface area contributed by atoms with Crippen molar-refractivity contribution in [2.24, 2.45) is 5.10 Å². The molecule has 7 nitrogen and oxygen atoms in total. The maximum Gasteiger partial charge on any atom is 0.344 e. The van der Waals surface area contributed by atoms with Gasteiger partial charge >= 0.3 is 5.97 Å². The fraction of sp³-hybridized carbons (Fsp3) is 0.318. The number of hydrogen-bond donors (Lipinski definition) is 1. The summed E-state index contributed by atoms with van der Waals surface area (Å²) >= 11 is 9.61. The van der Waals surface area contributed by atoms with Crippen molar-refractivity contribution >= 4 is 51.3 Å². The average Bonchev–Trinajstić information content (AvgIpc) is 3.28. The molecule has 31 heavy (non-hydrogen) atoms. The third-order valence-electron chi connectivity index (χ3n) is 4.64. The van der Waals surface area contributed by atoms with Crippen LogP contribution in [0, 0.1) is 0 Å². The maximum absolute atomic E-state index is 12.3. The van der Waals surface area contributed by atoms with Crippen LogP contribution in [0.3, 0.4) is 0 Å². The van der Waals surface area contributed by atoms with E-state index in [1.165, 1.54) is 19.1 Å². The second kappa shape index (κ2) is 11.2. The van der Waals surface area contributed by atoms with Crippen LogP contribution in [0.2, 0.25) is 5.02 Å². The maximum atomic E-state index is 12.3. The van der Waals surface area contributed by atoms with E-state index in [1.807, 2.05) is 12.1 Å².